The molecule has 1 aliphatic carbocycles. The van der Waals surface area contributed by atoms with Gasteiger partial charge < -0.3 is 0 Å². The molecule has 0 aromatic heterocycles. The Balaban J connectivity index is 2.20. The van der Waals surface area contributed by atoms with E-state index in [0.717, 1.165) is 18.7 Å². The summed E-state index contributed by atoms with van der Waals surface area (Å²) in [5, 5.41) is 13.1. The van der Waals surface area contributed by atoms with Gasteiger partial charge >= 0.3 is 0 Å². The summed E-state index contributed by atoms with van der Waals surface area (Å²) in [6, 6.07) is 13.3. The maximum atomic E-state index is 9.83. The Morgan fingerprint density at radius 2 is 1.90 bits per heavy atom. The second-order valence-electron chi connectivity index (χ2n) is 5.99. The molecule has 1 unspecified atom stereocenters. The first kappa shape index (κ1) is 16.0. The third-order valence-corrected chi connectivity index (χ3v) is 4.82. The van der Waals surface area contributed by atoms with E-state index in [1.807, 2.05) is 25.2 Å². The predicted molar refractivity (Wildman–Crippen MR) is 86.9 cm³/mol. The average Bonchev–Trinajstić information content (AvgIpc) is 2.58. The topological polar surface area (TPSA) is 39.1 Å². The van der Waals surface area contributed by atoms with Crippen LogP contribution in [0.3, 0.4) is 0 Å². The molecule has 0 radical (unpaired) electrons. The van der Waals surface area contributed by atoms with Crippen molar-refractivity contribution in [2.45, 2.75) is 50.6 Å². The molecule has 0 bridgehead atoms. The van der Waals surface area contributed by atoms with Crippen molar-refractivity contribution < 1.29 is 0 Å². The lowest BCUT2D eigenvalue weighted by molar-refractivity contribution is 0.133. The number of hydrogen-bond acceptors (Lipinski definition) is 3. The van der Waals surface area contributed by atoms with Gasteiger partial charge in [-0.3, -0.25) is 10.2 Å². The van der Waals surface area contributed by atoms with Crippen LogP contribution in [0.25, 0.3) is 0 Å². The Kier molecular flexibility index (Phi) is 5.78. The lowest BCUT2D eigenvalue weighted by Crippen LogP contribution is -2.51. The van der Waals surface area contributed by atoms with E-state index in [1.54, 1.807) is 0 Å². The SMILES string of the molecule is CCN(CC(C#N)(NC)c1ccccc1)C1CCCCC1. The molecule has 114 valence electrons. The quantitative estimate of drug-likeness (QED) is 0.872. The van der Waals surface area contributed by atoms with Crippen LogP contribution in [-0.4, -0.2) is 31.1 Å². The summed E-state index contributed by atoms with van der Waals surface area (Å²) in [6.45, 7) is 3.96. The van der Waals surface area contributed by atoms with Crippen LogP contribution >= 0.6 is 0 Å². The maximum Gasteiger partial charge on any atom is 0.144 e. The molecule has 0 heterocycles. The fraction of sp³-hybridized carbons (Fsp3) is 0.611. The number of nitriles is 1. The molecular weight excluding hydrogens is 258 g/mol. The van der Waals surface area contributed by atoms with E-state index >= 15 is 0 Å². The minimum absolute atomic E-state index is 0.616. The highest BCUT2D eigenvalue weighted by molar-refractivity contribution is 5.32. The van der Waals surface area contributed by atoms with Gasteiger partial charge in [0.2, 0.25) is 0 Å². The van der Waals surface area contributed by atoms with Gasteiger partial charge in [-0.1, -0.05) is 56.5 Å². The Hall–Kier alpha value is -1.37. The number of nitrogens with one attached hydrogen (secondary N) is 1. The molecule has 0 aliphatic heterocycles. The molecule has 1 atom stereocenters. The smallest absolute Gasteiger partial charge is 0.144 e. The first-order chi connectivity index (χ1) is 10.3. The fourth-order valence-electron chi connectivity index (χ4n) is 3.44. The summed E-state index contributed by atoms with van der Waals surface area (Å²) in [5.41, 5.74) is 0.443. The van der Waals surface area contributed by atoms with Crippen LogP contribution in [0.4, 0.5) is 0 Å². The standard InChI is InChI=1S/C18H27N3/c1-3-21(17-12-8-5-9-13-17)15-18(14-19,20-2)16-10-6-4-7-11-16/h4,6-7,10-11,17,20H,3,5,8-9,12-13,15H2,1-2H3. The van der Waals surface area contributed by atoms with Gasteiger partial charge in [-0.2, -0.15) is 5.26 Å². The lowest BCUT2D eigenvalue weighted by atomic mass is 9.88. The van der Waals surface area contributed by atoms with E-state index in [2.05, 4.69) is 35.3 Å². The van der Waals surface area contributed by atoms with Crippen LogP contribution in [0.2, 0.25) is 0 Å². The number of benzene rings is 1. The summed E-state index contributed by atoms with van der Waals surface area (Å²) in [5.74, 6) is 0. The van der Waals surface area contributed by atoms with Crippen molar-refractivity contribution in [1.82, 2.24) is 10.2 Å². The summed E-state index contributed by atoms with van der Waals surface area (Å²) in [4.78, 5) is 2.49. The van der Waals surface area contributed by atoms with Crippen LogP contribution in [0.1, 0.15) is 44.6 Å². The van der Waals surface area contributed by atoms with Gasteiger partial charge in [0.05, 0.1) is 6.07 Å². The Bertz CT molecular complexity index is 459. The molecule has 2 rings (SSSR count). The van der Waals surface area contributed by atoms with Crippen LogP contribution in [0, 0.1) is 11.3 Å². The van der Waals surface area contributed by atoms with E-state index in [0.29, 0.717) is 6.04 Å². The van der Waals surface area contributed by atoms with Gasteiger partial charge in [-0.15, -0.1) is 0 Å². The van der Waals surface area contributed by atoms with Crippen molar-refractivity contribution in [2.24, 2.45) is 0 Å². The monoisotopic (exact) mass is 285 g/mol. The molecule has 3 heteroatoms. The zero-order valence-electron chi connectivity index (χ0n) is 13.3. The summed E-state index contributed by atoms with van der Waals surface area (Å²) < 4.78 is 0. The van der Waals surface area contributed by atoms with Crippen molar-refractivity contribution in [2.75, 3.05) is 20.1 Å². The number of hydrogen-bond donors (Lipinski definition) is 1. The van der Waals surface area contributed by atoms with Gasteiger partial charge in [-0.05, 0) is 32.0 Å². The highest BCUT2D eigenvalue weighted by atomic mass is 15.2. The second kappa shape index (κ2) is 7.59. The van der Waals surface area contributed by atoms with Crippen LogP contribution in [0.15, 0.2) is 30.3 Å². The average molecular weight is 285 g/mol. The second-order valence-corrected chi connectivity index (χ2v) is 5.99. The normalized spacial score (nSPS) is 19.1. The molecule has 1 aliphatic rings. The molecule has 1 aromatic carbocycles. The van der Waals surface area contributed by atoms with E-state index in [9.17, 15) is 5.26 Å². The van der Waals surface area contributed by atoms with Crippen LogP contribution < -0.4 is 5.32 Å². The minimum Gasteiger partial charge on any atom is -0.298 e. The molecular formula is C18H27N3. The lowest BCUT2D eigenvalue weighted by Gasteiger charge is -2.39. The summed E-state index contributed by atoms with van der Waals surface area (Å²) >= 11 is 0. The van der Waals surface area contributed by atoms with Crippen molar-refractivity contribution in [3.63, 3.8) is 0 Å². The maximum absolute atomic E-state index is 9.83. The Labute approximate surface area is 129 Å². The predicted octanol–water partition coefficient (Wildman–Crippen LogP) is 3.28. The van der Waals surface area contributed by atoms with Gasteiger partial charge in [-0.25, -0.2) is 0 Å². The van der Waals surface area contributed by atoms with Gasteiger partial charge in [0.1, 0.15) is 5.54 Å². The van der Waals surface area contributed by atoms with Crippen molar-refractivity contribution in [3.05, 3.63) is 35.9 Å². The molecule has 0 spiro atoms. The number of rotatable bonds is 6. The third-order valence-electron chi connectivity index (χ3n) is 4.82. The van der Waals surface area contributed by atoms with Crippen molar-refractivity contribution in [3.8, 4) is 6.07 Å². The molecule has 1 aromatic rings. The van der Waals surface area contributed by atoms with E-state index in [1.165, 1.54) is 32.1 Å². The van der Waals surface area contributed by atoms with E-state index < -0.39 is 5.54 Å². The number of likely N-dealkylation sites (N-methyl/N-ethyl adjacent to an activating group) is 2. The number of nitrogens with zero attached hydrogens (tertiary/aromatic N) is 2. The first-order valence-electron chi connectivity index (χ1n) is 8.15. The Morgan fingerprint density at radius 1 is 1.24 bits per heavy atom. The van der Waals surface area contributed by atoms with E-state index in [-0.39, 0.29) is 0 Å². The molecule has 1 N–H and O–H groups in total. The van der Waals surface area contributed by atoms with Crippen molar-refractivity contribution in [1.29, 1.82) is 5.26 Å². The molecule has 0 saturated heterocycles. The van der Waals surface area contributed by atoms with Gasteiger partial charge in [0.25, 0.3) is 0 Å². The van der Waals surface area contributed by atoms with Gasteiger partial charge in [0.15, 0.2) is 0 Å². The molecule has 0 amide bonds. The van der Waals surface area contributed by atoms with Crippen molar-refractivity contribution >= 4 is 0 Å². The van der Waals surface area contributed by atoms with Gasteiger partial charge in [0, 0.05) is 12.6 Å². The highest BCUT2D eigenvalue weighted by Crippen LogP contribution is 2.27. The zero-order chi connectivity index (χ0) is 15.1. The molecule has 1 saturated carbocycles. The minimum atomic E-state index is -0.616. The first-order valence-corrected chi connectivity index (χ1v) is 8.15. The Morgan fingerprint density at radius 3 is 2.43 bits per heavy atom. The highest BCUT2D eigenvalue weighted by Gasteiger charge is 2.34. The molecule has 21 heavy (non-hydrogen) atoms. The fourth-order valence-corrected chi connectivity index (χ4v) is 3.44. The van der Waals surface area contributed by atoms with Crippen LogP contribution in [-0.2, 0) is 5.54 Å². The largest absolute Gasteiger partial charge is 0.298 e. The zero-order valence-corrected chi connectivity index (χ0v) is 13.3. The van der Waals surface area contributed by atoms with Crippen LogP contribution in [0.5, 0.6) is 0 Å². The van der Waals surface area contributed by atoms with E-state index in [4.69, 9.17) is 0 Å². The third kappa shape index (κ3) is 3.64. The summed E-state index contributed by atoms with van der Waals surface area (Å²) in [7, 11) is 1.89. The summed E-state index contributed by atoms with van der Waals surface area (Å²) in [6.07, 6.45) is 6.56. The molecule has 1 fully saturated rings. The molecule has 3 nitrogen and oxygen atoms in total.